The van der Waals surface area contributed by atoms with Crippen molar-refractivity contribution in [2.24, 2.45) is 5.92 Å². The fraction of sp³-hybridized carbons (Fsp3) is 0.462. The molecule has 0 spiro atoms. The van der Waals surface area contributed by atoms with Crippen LogP contribution in [-0.2, 0) is 17.8 Å². The van der Waals surface area contributed by atoms with Crippen LogP contribution in [0.15, 0.2) is 29.6 Å². The van der Waals surface area contributed by atoms with Crippen molar-refractivity contribution in [1.82, 2.24) is 24.9 Å². The predicted octanol–water partition coefficient (Wildman–Crippen LogP) is 4.56. The average Bonchev–Trinajstić information content (AvgIpc) is 3.46. The van der Waals surface area contributed by atoms with E-state index in [1.54, 1.807) is 0 Å². The first-order chi connectivity index (χ1) is 17.0. The standard InChI is InChI=1S/C26H33N7OS/c1-17(2)14-24(34)27-10-4-5-11-28-25-26-31-30-18(3)33(26)22-7-6-20(15-21(22)29-25)32-12-8-23-19(16-32)9-13-35-23/h6-7,9,13,15,17H,4-5,8,10-12,14,16H2,1-3H3,(H,27,34)(H,28,29). The minimum Gasteiger partial charge on any atom is -0.367 e. The molecule has 1 aliphatic heterocycles. The van der Waals surface area contributed by atoms with Gasteiger partial charge in [-0.25, -0.2) is 4.98 Å². The minimum absolute atomic E-state index is 0.129. The molecule has 5 rings (SSSR count). The monoisotopic (exact) mass is 491 g/mol. The van der Waals surface area contributed by atoms with Crippen LogP contribution in [0.3, 0.4) is 0 Å². The molecule has 1 aromatic carbocycles. The van der Waals surface area contributed by atoms with Crippen LogP contribution in [0.1, 0.15) is 49.4 Å². The number of aryl methyl sites for hydroxylation is 1. The second-order valence-electron chi connectivity index (χ2n) is 9.66. The van der Waals surface area contributed by atoms with Crippen molar-refractivity contribution in [1.29, 1.82) is 0 Å². The Kier molecular flexibility index (Phi) is 6.86. The molecule has 0 fully saturated rings. The first kappa shape index (κ1) is 23.5. The minimum atomic E-state index is 0.129. The first-order valence-corrected chi connectivity index (χ1v) is 13.3. The summed E-state index contributed by atoms with van der Waals surface area (Å²) < 4.78 is 2.08. The third kappa shape index (κ3) is 5.10. The third-order valence-electron chi connectivity index (χ3n) is 6.45. The molecule has 0 saturated carbocycles. The number of thiophene rings is 1. The number of fused-ring (bicyclic) bond motifs is 4. The summed E-state index contributed by atoms with van der Waals surface area (Å²) in [6.45, 7) is 9.50. The third-order valence-corrected chi connectivity index (χ3v) is 7.48. The molecule has 3 aromatic heterocycles. The van der Waals surface area contributed by atoms with Gasteiger partial charge in [-0.05, 0) is 67.3 Å². The maximum absolute atomic E-state index is 11.8. The number of nitrogens with one attached hydrogen (secondary N) is 2. The Morgan fingerprint density at radius 3 is 2.89 bits per heavy atom. The molecular formula is C26H33N7OS. The molecule has 35 heavy (non-hydrogen) atoms. The van der Waals surface area contributed by atoms with Gasteiger partial charge in [0, 0.05) is 43.2 Å². The van der Waals surface area contributed by atoms with Crippen LogP contribution < -0.4 is 15.5 Å². The molecule has 8 nitrogen and oxygen atoms in total. The van der Waals surface area contributed by atoms with Crippen LogP contribution >= 0.6 is 11.3 Å². The largest absolute Gasteiger partial charge is 0.367 e. The molecule has 2 N–H and O–H groups in total. The topological polar surface area (TPSA) is 87.4 Å². The van der Waals surface area contributed by atoms with Gasteiger partial charge in [0.05, 0.1) is 11.0 Å². The highest BCUT2D eigenvalue weighted by molar-refractivity contribution is 7.10. The van der Waals surface area contributed by atoms with E-state index in [0.29, 0.717) is 18.9 Å². The van der Waals surface area contributed by atoms with Crippen molar-refractivity contribution in [2.75, 3.05) is 29.9 Å². The zero-order chi connectivity index (χ0) is 24.4. The molecule has 1 aliphatic rings. The molecule has 4 heterocycles. The van der Waals surface area contributed by atoms with Crippen LogP contribution in [0.2, 0.25) is 0 Å². The van der Waals surface area contributed by atoms with E-state index in [1.807, 2.05) is 18.3 Å². The van der Waals surface area contributed by atoms with E-state index in [0.717, 1.165) is 67.2 Å². The Hall–Kier alpha value is -3.20. The van der Waals surface area contributed by atoms with Crippen LogP contribution in [0.5, 0.6) is 0 Å². The lowest BCUT2D eigenvalue weighted by molar-refractivity contribution is -0.121. The predicted molar refractivity (Wildman–Crippen MR) is 142 cm³/mol. The molecular weight excluding hydrogens is 458 g/mol. The first-order valence-electron chi connectivity index (χ1n) is 12.5. The summed E-state index contributed by atoms with van der Waals surface area (Å²) >= 11 is 1.86. The van der Waals surface area contributed by atoms with E-state index in [4.69, 9.17) is 4.98 Å². The van der Waals surface area contributed by atoms with Gasteiger partial charge in [-0.3, -0.25) is 9.20 Å². The van der Waals surface area contributed by atoms with E-state index < -0.39 is 0 Å². The Bertz CT molecular complexity index is 1340. The summed E-state index contributed by atoms with van der Waals surface area (Å²) in [5.41, 5.74) is 5.31. The summed E-state index contributed by atoms with van der Waals surface area (Å²) in [4.78, 5) is 20.7. The average molecular weight is 492 g/mol. The number of amides is 1. The Morgan fingerprint density at radius 1 is 1.17 bits per heavy atom. The summed E-state index contributed by atoms with van der Waals surface area (Å²) in [5, 5.41) is 17.4. The van der Waals surface area contributed by atoms with Gasteiger partial charge in [0.2, 0.25) is 11.6 Å². The van der Waals surface area contributed by atoms with E-state index in [1.165, 1.54) is 16.1 Å². The van der Waals surface area contributed by atoms with Gasteiger partial charge in [-0.15, -0.1) is 21.5 Å². The van der Waals surface area contributed by atoms with Crippen LogP contribution in [0.4, 0.5) is 11.5 Å². The van der Waals surface area contributed by atoms with E-state index >= 15 is 0 Å². The quantitative estimate of drug-likeness (QED) is 0.334. The molecule has 1 amide bonds. The number of anilines is 2. The molecule has 0 saturated heterocycles. The van der Waals surface area contributed by atoms with Gasteiger partial charge >= 0.3 is 0 Å². The van der Waals surface area contributed by atoms with E-state index in [-0.39, 0.29) is 5.91 Å². The summed E-state index contributed by atoms with van der Waals surface area (Å²) in [7, 11) is 0. The Labute approximate surface area is 209 Å². The van der Waals surface area contributed by atoms with Crippen LogP contribution in [0.25, 0.3) is 16.7 Å². The highest BCUT2D eigenvalue weighted by Crippen LogP contribution is 2.30. The van der Waals surface area contributed by atoms with Gasteiger partial charge in [-0.1, -0.05) is 13.8 Å². The normalized spacial score (nSPS) is 13.5. The highest BCUT2D eigenvalue weighted by Gasteiger charge is 2.19. The summed E-state index contributed by atoms with van der Waals surface area (Å²) in [5.74, 6) is 2.10. The smallest absolute Gasteiger partial charge is 0.220 e. The van der Waals surface area contributed by atoms with Crippen LogP contribution in [0, 0.1) is 12.8 Å². The molecule has 0 radical (unpaired) electrons. The SMILES string of the molecule is Cc1nnc2c(NCCCCNC(=O)CC(C)C)nc3cc(N4CCc5sccc5C4)ccc3n12. The molecule has 0 aliphatic carbocycles. The number of unbranched alkanes of at least 4 members (excludes halogenated alkanes) is 1. The summed E-state index contributed by atoms with van der Waals surface area (Å²) in [6.07, 6.45) is 3.51. The summed E-state index contributed by atoms with van der Waals surface area (Å²) in [6, 6.07) is 8.74. The van der Waals surface area contributed by atoms with Gasteiger partial charge in [-0.2, -0.15) is 0 Å². The number of carbonyl (C=O) groups is 1. The van der Waals surface area contributed by atoms with Gasteiger partial charge in [0.1, 0.15) is 5.82 Å². The second-order valence-corrected chi connectivity index (χ2v) is 10.7. The number of nitrogens with zero attached hydrogens (tertiary/aromatic N) is 5. The van der Waals surface area contributed by atoms with Crippen molar-refractivity contribution in [3.05, 3.63) is 45.9 Å². The lowest BCUT2D eigenvalue weighted by Gasteiger charge is -2.29. The van der Waals surface area contributed by atoms with Gasteiger partial charge in [0.25, 0.3) is 0 Å². The number of carbonyl (C=O) groups excluding carboxylic acids is 1. The van der Waals surface area contributed by atoms with Crippen molar-refractivity contribution in [3.63, 3.8) is 0 Å². The van der Waals surface area contributed by atoms with E-state index in [2.05, 4.69) is 73.6 Å². The lowest BCUT2D eigenvalue weighted by atomic mass is 10.1. The number of hydrogen-bond donors (Lipinski definition) is 2. The maximum Gasteiger partial charge on any atom is 0.220 e. The second kappa shape index (κ2) is 10.2. The van der Waals surface area contributed by atoms with E-state index in [9.17, 15) is 4.79 Å². The maximum atomic E-state index is 11.8. The molecule has 184 valence electrons. The Morgan fingerprint density at radius 2 is 2.03 bits per heavy atom. The molecule has 9 heteroatoms. The van der Waals surface area contributed by atoms with Gasteiger partial charge < -0.3 is 15.5 Å². The molecule has 0 atom stereocenters. The molecule has 0 unspecified atom stereocenters. The highest BCUT2D eigenvalue weighted by atomic mass is 32.1. The zero-order valence-electron chi connectivity index (χ0n) is 20.7. The van der Waals surface area contributed by atoms with Crippen molar-refractivity contribution in [2.45, 2.75) is 53.0 Å². The Balaban J connectivity index is 1.30. The molecule has 0 bridgehead atoms. The van der Waals surface area contributed by atoms with Gasteiger partial charge in [0.15, 0.2) is 5.82 Å². The molecule has 4 aromatic rings. The lowest BCUT2D eigenvalue weighted by Crippen LogP contribution is -2.29. The fourth-order valence-electron chi connectivity index (χ4n) is 4.68. The van der Waals surface area contributed by atoms with Crippen molar-refractivity contribution in [3.8, 4) is 0 Å². The number of hydrogen-bond acceptors (Lipinski definition) is 7. The fourth-order valence-corrected chi connectivity index (χ4v) is 5.57. The van der Waals surface area contributed by atoms with Crippen LogP contribution in [-0.4, -0.2) is 45.1 Å². The van der Waals surface area contributed by atoms with Crippen molar-refractivity contribution >= 4 is 45.4 Å². The number of benzene rings is 1. The number of aromatic nitrogens is 4. The van der Waals surface area contributed by atoms with Crippen molar-refractivity contribution < 1.29 is 4.79 Å². The number of rotatable bonds is 9. The zero-order valence-corrected chi connectivity index (χ0v) is 21.5.